The van der Waals surface area contributed by atoms with Crippen molar-refractivity contribution in [3.63, 3.8) is 0 Å². The predicted molar refractivity (Wildman–Crippen MR) is 97.0 cm³/mol. The number of amidine groups is 1. The van der Waals surface area contributed by atoms with Crippen LogP contribution in [0.15, 0.2) is 28.7 Å². The Bertz CT molecular complexity index is 602. The molecule has 7 heteroatoms. The van der Waals surface area contributed by atoms with Gasteiger partial charge in [-0.05, 0) is 51.4 Å². The Morgan fingerprint density at radius 3 is 2.58 bits per heavy atom. The fraction of sp³-hybridized carbons (Fsp3) is 0.588. The Kier molecular flexibility index (Phi) is 6.37. The largest absolute Gasteiger partial charge is 0.457 e. The van der Waals surface area contributed by atoms with Crippen molar-refractivity contribution in [3.8, 4) is 0 Å². The quantitative estimate of drug-likeness (QED) is 0.773. The molecule has 0 aromatic heterocycles. The zero-order valence-corrected chi connectivity index (χ0v) is 15.4. The van der Waals surface area contributed by atoms with Crippen LogP contribution in [0, 0.1) is 0 Å². The molecule has 6 nitrogen and oxygen atoms in total. The normalized spacial score (nSPS) is 23.0. The van der Waals surface area contributed by atoms with Crippen LogP contribution in [-0.2, 0) is 22.1 Å². The molecule has 1 heterocycles. The van der Waals surface area contributed by atoms with E-state index < -0.39 is 16.6 Å². The number of nitrogens with zero attached hydrogens (tertiary/aromatic N) is 2. The van der Waals surface area contributed by atoms with E-state index in [1.54, 1.807) is 0 Å². The highest BCUT2D eigenvalue weighted by atomic mass is 32.2. The van der Waals surface area contributed by atoms with Crippen molar-refractivity contribution in [2.45, 2.75) is 37.5 Å². The van der Waals surface area contributed by atoms with Crippen LogP contribution in [0.25, 0.3) is 0 Å². The molecule has 2 unspecified atom stereocenters. The lowest BCUT2D eigenvalue weighted by atomic mass is 9.96. The number of aliphatic hydroxyl groups excluding tert-OH is 1. The summed E-state index contributed by atoms with van der Waals surface area (Å²) in [6.45, 7) is 5.59. The van der Waals surface area contributed by atoms with Crippen LogP contribution in [0.3, 0.4) is 0 Å². The molecular weight excluding hydrogens is 326 g/mol. The van der Waals surface area contributed by atoms with Gasteiger partial charge in [0, 0.05) is 6.54 Å². The Balaban J connectivity index is 2.00. The fourth-order valence-electron chi connectivity index (χ4n) is 2.94. The molecule has 134 valence electrons. The fourth-order valence-corrected chi connectivity index (χ4v) is 4.18. The molecule has 0 amide bonds. The minimum Gasteiger partial charge on any atom is -0.457 e. The molecule has 1 aliphatic heterocycles. The number of hydrogen-bond donors (Lipinski definition) is 2. The molecular formula is C17H27N3O3S. The topological polar surface area (TPSA) is 88.2 Å². The number of ether oxygens (including phenoxy) is 1. The summed E-state index contributed by atoms with van der Waals surface area (Å²) in [5.74, 6) is 0. The van der Waals surface area contributed by atoms with Crippen LogP contribution in [-0.4, -0.2) is 52.6 Å². The van der Waals surface area contributed by atoms with Crippen molar-refractivity contribution in [3.05, 3.63) is 35.4 Å². The van der Waals surface area contributed by atoms with Crippen molar-refractivity contribution in [2.24, 2.45) is 10.1 Å². The van der Waals surface area contributed by atoms with Crippen molar-refractivity contribution < 1.29 is 14.1 Å². The third-order valence-electron chi connectivity index (χ3n) is 4.15. The number of aryl methyl sites for hydroxylation is 1. The van der Waals surface area contributed by atoms with E-state index in [4.69, 9.17) is 15.6 Å². The molecule has 2 atom stereocenters. The zero-order chi connectivity index (χ0) is 17.7. The molecule has 1 aromatic carbocycles. The van der Waals surface area contributed by atoms with E-state index in [0.29, 0.717) is 6.54 Å². The average Bonchev–Trinajstić information content (AvgIpc) is 2.47. The maximum atomic E-state index is 12.4. The van der Waals surface area contributed by atoms with Crippen LogP contribution >= 0.6 is 0 Å². The first-order valence-electron chi connectivity index (χ1n) is 8.15. The molecule has 0 aliphatic carbocycles. The molecule has 1 aliphatic rings. The van der Waals surface area contributed by atoms with Gasteiger partial charge in [0.05, 0.1) is 6.61 Å². The lowest BCUT2D eigenvalue weighted by Crippen LogP contribution is -2.43. The van der Waals surface area contributed by atoms with E-state index in [1.165, 1.54) is 5.56 Å². The summed E-state index contributed by atoms with van der Waals surface area (Å²) in [5.41, 5.74) is 7.10. The SMILES string of the molecule is CN(CCO)CCCc1ccc(C2S(=O)N=C(N)OC2(C)C)cc1. The first-order chi connectivity index (χ1) is 11.3. The summed E-state index contributed by atoms with van der Waals surface area (Å²) < 4.78 is 21.8. The number of hydrogen-bond acceptors (Lipinski definition) is 5. The monoisotopic (exact) mass is 353 g/mol. The first kappa shape index (κ1) is 18.9. The van der Waals surface area contributed by atoms with E-state index >= 15 is 0 Å². The van der Waals surface area contributed by atoms with Crippen LogP contribution in [0.1, 0.15) is 36.6 Å². The molecule has 0 radical (unpaired) electrons. The standard InChI is InChI=1S/C17H27N3O3S/c1-17(2)15(24(22)19-16(18)23-17)14-8-6-13(7-9-14)5-4-10-20(3)11-12-21/h6-9,15,21H,4-5,10-12H2,1-3H3,(H2,18,19). The van der Waals surface area contributed by atoms with Crippen LogP contribution in [0.5, 0.6) is 0 Å². The van der Waals surface area contributed by atoms with Crippen molar-refractivity contribution in [2.75, 3.05) is 26.7 Å². The third-order valence-corrected chi connectivity index (χ3v) is 5.75. The van der Waals surface area contributed by atoms with Gasteiger partial charge in [0.1, 0.15) is 10.9 Å². The Morgan fingerprint density at radius 1 is 1.33 bits per heavy atom. The predicted octanol–water partition coefficient (Wildman–Crippen LogP) is 1.37. The number of nitrogens with two attached hydrogens (primary N) is 1. The molecule has 0 spiro atoms. The second kappa shape index (κ2) is 8.09. The van der Waals surface area contributed by atoms with Gasteiger partial charge in [0.25, 0.3) is 6.02 Å². The van der Waals surface area contributed by atoms with Crippen LogP contribution < -0.4 is 5.73 Å². The second-order valence-electron chi connectivity index (χ2n) is 6.66. The summed E-state index contributed by atoms with van der Waals surface area (Å²) >= 11 is 0. The van der Waals surface area contributed by atoms with Gasteiger partial charge in [0.15, 0.2) is 11.0 Å². The van der Waals surface area contributed by atoms with Crippen molar-refractivity contribution in [1.82, 2.24) is 4.90 Å². The van der Waals surface area contributed by atoms with Gasteiger partial charge >= 0.3 is 0 Å². The van der Waals surface area contributed by atoms with E-state index in [9.17, 15) is 4.21 Å². The molecule has 0 saturated carbocycles. The van der Waals surface area contributed by atoms with Gasteiger partial charge in [0.2, 0.25) is 0 Å². The highest BCUT2D eigenvalue weighted by Crippen LogP contribution is 2.37. The smallest absolute Gasteiger partial charge is 0.296 e. The highest BCUT2D eigenvalue weighted by Gasteiger charge is 2.41. The highest BCUT2D eigenvalue weighted by molar-refractivity contribution is 7.84. The van der Waals surface area contributed by atoms with Gasteiger partial charge in [-0.15, -0.1) is 4.40 Å². The van der Waals surface area contributed by atoms with Crippen LogP contribution in [0.4, 0.5) is 0 Å². The number of aliphatic hydroxyl groups is 1. The van der Waals surface area contributed by atoms with Crippen LogP contribution in [0.2, 0.25) is 0 Å². The van der Waals surface area contributed by atoms with Crippen molar-refractivity contribution >= 4 is 17.0 Å². The van der Waals surface area contributed by atoms with E-state index in [2.05, 4.69) is 21.4 Å². The maximum Gasteiger partial charge on any atom is 0.296 e. The number of likely N-dealkylation sites (N-methyl/N-ethyl adjacent to an activating group) is 1. The molecule has 2 rings (SSSR count). The molecule has 1 aromatic rings. The van der Waals surface area contributed by atoms with Gasteiger partial charge in [-0.2, -0.15) is 0 Å². The van der Waals surface area contributed by atoms with Gasteiger partial charge in [-0.1, -0.05) is 24.3 Å². The lowest BCUT2D eigenvalue weighted by molar-refractivity contribution is 0.0848. The Morgan fingerprint density at radius 2 is 2.00 bits per heavy atom. The Labute approximate surface area is 146 Å². The van der Waals surface area contributed by atoms with Gasteiger partial charge in [-0.3, -0.25) is 0 Å². The summed E-state index contributed by atoms with van der Waals surface area (Å²) in [6.07, 6.45) is 2.00. The van der Waals surface area contributed by atoms with E-state index in [0.717, 1.165) is 24.9 Å². The average molecular weight is 353 g/mol. The molecule has 0 bridgehead atoms. The van der Waals surface area contributed by atoms with Crippen molar-refractivity contribution in [1.29, 1.82) is 0 Å². The minimum absolute atomic E-state index is 0.0156. The number of rotatable bonds is 7. The summed E-state index contributed by atoms with van der Waals surface area (Å²) in [5, 5.41) is 8.56. The van der Waals surface area contributed by atoms with Gasteiger partial charge < -0.3 is 20.5 Å². The third kappa shape index (κ3) is 4.78. The zero-order valence-electron chi connectivity index (χ0n) is 14.6. The molecule has 0 saturated heterocycles. The molecule has 0 fully saturated rings. The lowest BCUT2D eigenvalue weighted by Gasteiger charge is -2.35. The Hall–Kier alpha value is -1.44. The molecule has 24 heavy (non-hydrogen) atoms. The summed E-state index contributed by atoms with van der Waals surface area (Å²) in [6, 6.07) is 8.11. The van der Waals surface area contributed by atoms with E-state index in [1.807, 2.05) is 33.0 Å². The maximum absolute atomic E-state index is 12.4. The van der Waals surface area contributed by atoms with Gasteiger partial charge in [-0.25, -0.2) is 4.21 Å². The van der Waals surface area contributed by atoms with E-state index in [-0.39, 0.29) is 17.9 Å². The number of benzene rings is 1. The second-order valence-corrected chi connectivity index (χ2v) is 7.87. The minimum atomic E-state index is -1.44. The summed E-state index contributed by atoms with van der Waals surface area (Å²) in [7, 11) is 0.565. The first-order valence-corrected chi connectivity index (χ1v) is 9.32. The summed E-state index contributed by atoms with van der Waals surface area (Å²) in [4.78, 5) is 2.11. The molecule has 3 N–H and O–H groups in total.